The molecule has 0 aliphatic heterocycles. The first-order valence-corrected chi connectivity index (χ1v) is 3.74. The molecule has 0 saturated carbocycles. The van der Waals surface area contributed by atoms with Crippen molar-refractivity contribution in [2.45, 2.75) is 18.2 Å². The van der Waals surface area contributed by atoms with Gasteiger partial charge in [-0.3, -0.25) is 0 Å². The average Bonchev–Trinajstić information content (AvgIpc) is 1.99. The predicted octanol–water partition coefficient (Wildman–Crippen LogP) is 2.10. The van der Waals surface area contributed by atoms with E-state index in [1.54, 1.807) is 14.0 Å². The maximum absolute atomic E-state index is 8.50. The molecule has 2 nitrogen and oxygen atoms in total. The summed E-state index contributed by atoms with van der Waals surface area (Å²) in [6, 6.07) is 1.99. The number of ether oxygens (including phenoxy) is 1. The fourth-order valence-electron chi connectivity index (χ4n) is 0.515. The van der Waals surface area contributed by atoms with Crippen LogP contribution in [0.4, 0.5) is 0 Å². The molecule has 0 fully saturated rings. The zero-order valence-electron chi connectivity index (χ0n) is 6.80. The smallest absolute Gasteiger partial charge is 0.131 e. The molecule has 1 unspecified atom stereocenters. The molecule has 0 amide bonds. The Labute approximate surface area is 72.4 Å². The predicted molar refractivity (Wildman–Crippen MR) is 45.5 cm³/mol. The van der Waals surface area contributed by atoms with Gasteiger partial charge in [-0.1, -0.05) is 12.2 Å². The number of hydrogen-bond acceptors (Lipinski definition) is 2. The summed E-state index contributed by atoms with van der Waals surface area (Å²) in [5.74, 6) is 0. The largest absolute Gasteiger partial charge is 0.381 e. The monoisotopic (exact) mass is 173 g/mol. The minimum absolute atomic E-state index is 0.550. The lowest BCUT2D eigenvalue weighted by molar-refractivity contribution is 0.233. The molecule has 0 heterocycles. The van der Waals surface area contributed by atoms with Crippen molar-refractivity contribution in [3.8, 4) is 6.07 Å². The molecule has 0 aliphatic rings. The first kappa shape index (κ1) is 10.5. The Morgan fingerprint density at radius 1 is 1.64 bits per heavy atom. The van der Waals surface area contributed by atoms with Gasteiger partial charge in [0.05, 0.1) is 12.7 Å². The number of alkyl halides is 1. The Kier molecular flexibility index (Phi) is 4.93. The number of rotatable bonds is 4. The summed E-state index contributed by atoms with van der Waals surface area (Å²) in [6.45, 7) is 2.25. The van der Waals surface area contributed by atoms with E-state index in [-0.39, 0.29) is 0 Å². The number of allylic oxidation sites excluding steroid dienone is 1. The van der Waals surface area contributed by atoms with Crippen molar-refractivity contribution in [3.63, 3.8) is 0 Å². The Balaban J connectivity index is 3.62. The molecule has 11 heavy (non-hydrogen) atoms. The molecule has 0 spiro atoms. The SMILES string of the molecule is COC/C=C/CC(C)(Cl)C#N. The van der Waals surface area contributed by atoms with Crippen molar-refractivity contribution in [1.82, 2.24) is 0 Å². The van der Waals surface area contributed by atoms with Gasteiger partial charge in [-0.15, -0.1) is 11.6 Å². The van der Waals surface area contributed by atoms with Crippen LogP contribution in [0.15, 0.2) is 12.2 Å². The van der Waals surface area contributed by atoms with Crippen LogP contribution in [0.3, 0.4) is 0 Å². The molecule has 0 aromatic heterocycles. The van der Waals surface area contributed by atoms with E-state index in [1.807, 2.05) is 18.2 Å². The lowest BCUT2D eigenvalue weighted by Crippen LogP contribution is -2.10. The van der Waals surface area contributed by atoms with E-state index in [0.29, 0.717) is 13.0 Å². The highest BCUT2D eigenvalue weighted by atomic mass is 35.5. The van der Waals surface area contributed by atoms with Crippen molar-refractivity contribution in [2.75, 3.05) is 13.7 Å². The normalized spacial score (nSPS) is 16.2. The van der Waals surface area contributed by atoms with Gasteiger partial charge < -0.3 is 4.74 Å². The van der Waals surface area contributed by atoms with Crippen molar-refractivity contribution in [1.29, 1.82) is 5.26 Å². The van der Waals surface area contributed by atoms with Crippen LogP contribution in [0.1, 0.15) is 13.3 Å². The average molecular weight is 174 g/mol. The van der Waals surface area contributed by atoms with E-state index >= 15 is 0 Å². The van der Waals surface area contributed by atoms with Crippen molar-refractivity contribution in [2.24, 2.45) is 0 Å². The highest BCUT2D eigenvalue weighted by molar-refractivity contribution is 6.25. The maximum atomic E-state index is 8.50. The molecule has 0 aromatic carbocycles. The molecule has 0 aromatic rings. The van der Waals surface area contributed by atoms with Gasteiger partial charge in [0, 0.05) is 7.11 Å². The van der Waals surface area contributed by atoms with E-state index in [9.17, 15) is 0 Å². The maximum Gasteiger partial charge on any atom is 0.131 e. The second-order valence-electron chi connectivity index (χ2n) is 2.44. The van der Waals surface area contributed by atoms with Gasteiger partial charge in [0.2, 0.25) is 0 Å². The molecule has 3 heteroatoms. The molecular weight excluding hydrogens is 162 g/mol. The van der Waals surface area contributed by atoms with Crippen LogP contribution in [0.5, 0.6) is 0 Å². The summed E-state index contributed by atoms with van der Waals surface area (Å²) in [6.07, 6.45) is 4.24. The van der Waals surface area contributed by atoms with Gasteiger partial charge in [-0.05, 0) is 13.3 Å². The Hall–Kier alpha value is -0.520. The van der Waals surface area contributed by atoms with Gasteiger partial charge in [-0.2, -0.15) is 5.26 Å². The third kappa shape index (κ3) is 5.90. The van der Waals surface area contributed by atoms with Crippen molar-refractivity contribution < 1.29 is 4.74 Å². The van der Waals surface area contributed by atoms with Crippen LogP contribution in [0, 0.1) is 11.3 Å². The second kappa shape index (κ2) is 5.17. The number of halogens is 1. The minimum atomic E-state index is -0.774. The van der Waals surface area contributed by atoms with Crippen LogP contribution in [0.2, 0.25) is 0 Å². The summed E-state index contributed by atoms with van der Waals surface area (Å²) < 4.78 is 4.78. The number of nitriles is 1. The fraction of sp³-hybridized carbons (Fsp3) is 0.625. The first-order valence-electron chi connectivity index (χ1n) is 3.36. The van der Waals surface area contributed by atoms with Crippen LogP contribution in [-0.2, 0) is 4.74 Å². The van der Waals surface area contributed by atoms with E-state index in [2.05, 4.69) is 0 Å². The zero-order valence-corrected chi connectivity index (χ0v) is 7.56. The van der Waals surface area contributed by atoms with Gasteiger partial charge in [0.15, 0.2) is 0 Å². The molecule has 0 radical (unpaired) electrons. The molecule has 0 bridgehead atoms. The Morgan fingerprint density at radius 3 is 2.73 bits per heavy atom. The summed E-state index contributed by atoms with van der Waals surface area (Å²) in [5.41, 5.74) is 0. The molecule has 0 N–H and O–H groups in total. The van der Waals surface area contributed by atoms with Crippen LogP contribution in [0.25, 0.3) is 0 Å². The summed E-state index contributed by atoms with van der Waals surface area (Å²) in [4.78, 5) is -0.774. The van der Waals surface area contributed by atoms with Gasteiger partial charge >= 0.3 is 0 Å². The number of nitrogens with zero attached hydrogens (tertiary/aromatic N) is 1. The summed E-state index contributed by atoms with van der Waals surface area (Å²) in [5, 5.41) is 8.50. The quantitative estimate of drug-likeness (QED) is 0.482. The highest BCUT2D eigenvalue weighted by Crippen LogP contribution is 2.17. The standard InChI is InChI=1S/C8H12ClNO/c1-8(9,7-10)5-3-4-6-11-2/h3-4H,5-6H2,1-2H3/b4-3+. The molecule has 0 rings (SSSR count). The van der Waals surface area contributed by atoms with Crippen molar-refractivity contribution in [3.05, 3.63) is 12.2 Å². The van der Waals surface area contributed by atoms with Gasteiger partial charge in [0.25, 0.3) is 0 Å². The molecule has 62 valence electrons. The Bertz CT molecular complexity index is 169. The summed E-state index contributed by atoms with van der Waals surface area (Å²) in [7, 11) is 1.62. The molecule has 1 atom stereocenters. The minimum Gasteiger partial charge on any atom is -0.381 e. The third-order valence-electron chi connectivity index (χ3n) is 1.16. The Morgan fingerprint density at radius 2 is 2.27 bits per heavy atom. The van der Waals surface area contributed by atoms with E-state index in [4.69, 9.17) is 21.6 Å². The van der Waals surface area contributed by atoms with Crippen LogP contribution >= 0.6 is 11.6 Å². The highest BCUT2D eigenvalue weighted by Gasteiger charge is 2.16. The fourth-order valence-corrected chi connectivity index (χ4v) is 0.604. The molecule has 0 saturated heterocycles. The zero-order chi connectivity index (χ0) is 8.74. The van der Waals surface area contributed by atoms with E-state index < -0.39 is 4.87 Å². The second-order valence-corrected chi connectivity index (χ2v) is 3.27. The molecule has 0 aliphatic carbocycles. The number of hydrogen-bond donors (Lipinski definition) is 0. The van der Waals surface area contributed by atoms with E-state index in [0.717, 1.165) is 0 Å². The number of methoxy groups -OCH3 is 1. The molecular formula is C8H12ClNO. The first-order chi connectivity index (χ1) is 5.12. The van der Waals surface area contributed by atoms with E-state index in [1.165, 1.54) is 0 Å². The van der Waals surface area contributed by atoms with Crippen molar-refractivity contribution >= 4 is 11.6 Å². The lowest BCUT2D eigenvalue weighted by atomic mass is 10.1. The van der Waals surface area contributed by atoms with Gasteiger partial charge in [-0.25, -0.2) is 0 Å². The van der Waals surface area contributed by atoms with Crippen LogP contribution < -0.4 is 0 Å². The third-order valence-corrected chi connectivity index (χ3v) is 1.40. The summed E-state index contributed by atoms with van der Waals surface area (Å²) >= 11 is 5.75. The van der Waals surface area contributed by atoms with Crippen LogP contribution in [-0.4, -0.2) is 18.6 Å². The topological polar surface area (TPSA) is 33.0 Å². The lowest BCUT2D eigenvalue weighted by Gasteiger charge is -2.07. The van der Waals surface area contributed by atoms with Gasteiger partial charge in [0.1, 0.15) is 4.87 Å².